The van der Waals surface area contributed by atoms with Crippen LogP contribution in [0.15, 0.2) is 15.5 Å². The molecule has 1 aliphatic rings. The smallest absolute Gasteiger partial charge is 0.148 e. The van der Waals surface area contributed by atoms with E-state index in [-0.39, 0.29) is 0 Å². The Kier molecular flexibility index (Phi) is 1.34. The third-order valence-electron chi connectivity index (χ3n) is 1.93. The van der Waals surface area contributed by atoms with Crippen LogP contribution in [0.1, 0.15) is 24.0 Å². The number of hydrogen-bond donors (Lipinski definition) is 0. The molecule has 0 fully saturated rings. The predicted molar refractivity (Wildman–Crippen MR) is 44.2 cm³/mol. The van der Waals surface area contributed by atoms with Gasteiger partial charge in [0.2, 0.25) is 0 Å². The summed E-state index contributed by atoms with van der Waals surface area (Å²) in [7, 11) is 0. The lowest BCUT2D eigenvalue weighted by molar-refractivity contribution is 0.519. The Bertz CT molecular complexity index is 299. The first-order valence-electron chi connectivity index (χ1n) is 3.88. The standard InChI is InChI=1S/C9H11NO/c1-6-3-8-4-7(2)11-9(8)5-10-6/h4-6H,3H2,1-2H3. The fraction of sp³-hybridized carbons (Fsp3) is 0.444. The largest absolute Gasteiger partial charge is 0.460 e. The molecule has 1 aliphatic heterocycles. The van der Waals surface area contributed by atoms with Crippen LogP contribution in [-0.4, -0.2) is 12.3 Å². The van der Waals surface area contributed by atoms with Crippen molar-refractivity contribution in [3.8, 4) is 0 Å². The molecule has 1 aromatic rings. The molecule has 2 heterocycles. The number of aryl methyl sites for hydroxylation is 1. The van der Waals surface area contributed by atoms with E-state index in [4.69, 9.17) is 4.42 Å². The topological polar surface area (TPSA) is 25.5 Å². The molecule has 0 spiro atoms. The summed E-state index contributed by atoms with van der Waals surface area (Å²) in [6.07, 6.45) is 2.85. The summed E-state index contributed by atoms with van der Waals surface area (Å²) in [6.45, 7) is 4.08. The summed E-state index contributed by atoms with van der Waals surface area (Å²) >= 11 is 0. The van der Waals surface area contributed by atoms with Crippen LogP contribution in [0.25, 0.3) is 0 Å². The molecule has 2 nitrogen and oxygen atoms in total. The summed E-state index contributed by atoms with van der Waals surface area (Å²) in [5, 5.41) is 0. The summed E-state index contributed by atoms with van der Waals surface area (Å²) in [6, 6.07) is 2.51. The van der Waals surface area contributed by atoms with Crippen molar-refractivity contribution in [2.75, 3.05) is 0 Å². The van der Waals surface area contributed by atoms with Crippen molar-refractivity contribution in [2.24, 2.45) is 4.99 Å². The number of nitrogens with zero attached hydrogens (tertiary/aromatic N) is 1. The molecule has 2 heteroatoms. The van der Waals surface area contributed by atoms with Crippen molar-refractivity contribution in [1.82, 2.24) is 0 Å². The van der Waals surface area contributed by atoms with E-state index >= 15 is 0 Å². The second-order valence-corrected chi connectivity index (χ2v) is 3.08. The van der Waals surface area contributed by atoms with Crippen LogP contribution in [0.3, 0.4) is 0 Å². The van der Waals surface area contributed by atoms with Crippen molar-refractivity contribution >= 4 is 6.21 Å². The van der Waals surface area contributed by atoms with E-state index in [0.717, 1.165) is 17.9 Å². The van der Waals surface area contributed by atoms with Gasteiger partial charge in [0.1, 0.15) is 11.5 Å². The third kappa shape index (κ3) is 1.09. The summed E-state index contributed by atoms with van der Waals surface area (Å²) < 4.78 is 5.40. The molecule has 0 saturated carbocycles. The van der Waals surface area contributed by atoms with Gasteiger partial charge in [0, 0.05) is 5.56 Å². The van der Waals surface area contributed by atoms with Crippen LogP contribution in [0.5, 0.6) is 0 Å². The van der Waals surface area contributed by atoms with Gasteiger partial charge in [-0.05, 0) is 26.3 Å². The lowest BCUT2D eigenvalue weighted by atomic mass is 10.1. The molecule has 0 bridgehead atoms. The van der Waals surface area contributed by atoms with Gasteiger partial charge in [0.25, 0.3) is 0 Å². The van der Waals surface area contributed by atoms with Gasteiger partial charge in [-0.1, -0.05) is 0 Å². The SMILES string of the molecule is Cc1cc2c(o1)C=NC(C)C2. The van der Waals surface area contributed by atoms with Crippen LogP contribution >= 0.6 is 0 Å². The Hall–Kier alpha value is -1.05. The Labute approximate surface area is 65.9 Å². The average Bonchev–Trinajstić information content (AvgIpc) is 2.27. The number of fused-ring (bicyclic) bond motifs is 1. The van der Waals surface area contributed by atoms with Gasteiger partial charge in [-0.3, -0.25) is 4.99 Å². The molecule has 0 saturated heterocycles. The normalized spacial score (nSPS) is 21.8. The van der Waals surface area contributed by atoms with E-state index in [1.165, 1.54) is 5.56 Å². The lowest BCUT2D eigenvalue weighted by Crippen LogP contribution is -2.09. The average molecular weight is 149 g/mol. The van der Waals surface area contributed by atoms with Crippen molar-refractivity contribution in [1.29, 1.82) is 0 Å². The van der Waals surface area contributed by atoms with Crippen molar-refractivity contribution in [3.63, 3.8) is 0 Å². The van der Waals surface area contributed by atoms with Crippen LogP contribution in [0.2, 0.25) is 0 Å². The Morgan fingerprint density at radius 3 is 3.27 bits per heavy atom. The van der Waals surface area contributed by atoms with Crippen LogP contribution in [-0.2, 0) is 6.42 Å². The Morgan fingerprint density at radius 1 is 1.64 bits per heavy atom. The number of aliphatic imine (C=N–C) groups is 1. The number of rotatable bonds is 0. The zero-order chi connectivity index (χ0) is 7.84. The van der Waals surface area contributed by atoms with Gasteiger partial charge in [0.15, 0.2) is 0 Å². The summed E-state index contributed by atoms with van der Waals surface area (Å²) in [4.78, 5) is 4.27. The molecule has 0 aromatic carbocycles. The summed E-state index contributed by atoms with van der Waals surface area (Å²) in [5.74, 6) is 1.93. The highest BCUT2D eigenvalue weighted by molar-refractivity contribution is 5.79. The van der Waals surface area contributed by atoms with E-state index in [2.05, 4.69) is 18.0 Å². The highest BCUT2D eigenvalue weighted by atomic mass is 16.3. The molecule has 0 N–H and O–H groups in total. The minimum atomic E-state index is 0.416. The zero-order valence-corrected chi connectivity index (χ0v) is 6.79. The first-order valence-corrected chi connectivity index (χ1v) is 3.88. The van der Waals surface area contributed by atoms with Crippen LogP contribution in [0, 0.1) is 6.92 Å². The zero-order valence-electron chi connectivity index (χ0n) is 6.79. The maximum Gasteiger partial charge on any atom is 0.148 e. The second-order valence-electron chi connectivity index (χ2n) is 3.08. The second kappa shape index (κ2) is 2.22. The molecule has 1 atom stereocenters. The highest BCUT2D eigenvalue weighted by Gasteiger charge is 2.14. The molecule has 1 unspecified atom stereocenters. The molecule has 0 amide bonds. The van der Waals surface area contributed by atoms with Gasteiger partial charge in [-0.25, -0.2) is 0 Å². The molecule has 58 valence electrons. The van der Waals surface area contributed by atoms with Crippen molar-refractivity contribution < 1.29 is 4.42 Å². The van der Waals surface area contributed by atoms with Gasteiger partial charge in [-0.15, -0.1) is 0 Å². The molecule has 2 rings (SSSR count). The quantitative estimate of drug-likeness (QED) is 0.553. The monoisotopic (exact) mass is 149 g/mol. The van der Waals surface area contributed by atoms with Gasteiger partial charge in [0.05, 0.1) is 12.3 Å². The molecule has 0 radical (unpaired) electrons. The first-order chi connectivity index (χ1) is 5.25. The third-order valence-corrected chi connectivity index (χ3v) is 1.93. The fourth-order valence-electron chi connectivity index (χ4n) is 1.42. The van der Waals surface area contributed by atoms with Gasteiger partial charge >= 0.3 is 0 Å². The van der Waals surface area contributed by atoms with Gasteiger partial charge < -0.3 is 4.42 Å². The van der Waals surface area contributed by atoms with E-state index in [1.807, 2.05) is 13.1 Å². The predicted octanol–water partition coefficient (Wildman–Crippen LogP) is 1.95. The Morgan fingerprint density at radius 2 is 2.45 bits per heavy atom. The number of hydrogen-bond acceptors (Lipinski definition) is 2. The maximum absolute atomic E-state index is 5.40. The molecular formula is C9H11NO. The van der Waals surface area contributed by atoms with Gasteiger partial charge in [-0.2, -0.15) is 0 Å². The van der Waals surface area contributed by atoms with E-state index in [0.29, 0.717) is 6.04 Å². The fourth-order valence-corrected chi connectivity index (χ4v) is 1.42. The molecular weight excluding hydrogens is 138 g/mol. The Balaban J connectivity index is 2.44. The van der Waals surface area contributed by atoms with E-state index in [9.17, 15) is 0 Å². The van der Waals surface area contributed by atoms with Crippen LogP contribution < -0.4 is 0 Å². The van der Waals surface area contributed by atoms with Crippen molar-refractivity contribution in [3.05, 3.63) is 23.2 Å². The minimum absolute atomic E-state index is 0.416. The van der Waals surface area contributed by atoms with E-state index < -0.39 is 0 Å². The molecule has 0 aliphatic carbocycles. The van der Waals surface area contributed by atoms with E-state index in [1.54, 1.807) is 0 Å². The first kappa shape index (κ1) is 6.65. The van der Waals surface area contributed by atoms with Crippen molar-refractivity contribution in [2.45, 2.75) is 26.3 Å². The molecule has 11 heavy (non-hydrogen) atoms. The number of furan rings is 1. The lowest BCUT2D eigenvalue weighted by Gasteiger charge is -2.08. The molecule has 1 aromatic heterocycles. The van der Waals surface area contributed by atoms with Crippen LogP contribution in [0.4, 0.5) is 0 Å². The highest BCUT2D eigenvalue weighted by Crippen LogP contribution is 2.19. The maximum atomic E-state index is 5.40. The minimum Gasteiger partial charge on any atom is -0.460 e. The summed E-state index contributed by atoms with van der Waals surface area (Å²) in [5.41, 5.74) is 1.30.